The maximum Gasteiger partial charge on any atom is 0.333 e. The van der Waals surface area contributed by atoms with Crippen LogP contribution in [0.3, 0.4) is 0 Å². The van der Waals surface area contributed by atoms with Gasteiger partial charge in [-0.25, -0.2) is 4.79 Å². The highest BCUT2D eigenvalue weighted by Gasteiger charge is 2.09. The van der Waals surface area contributed by atoms with Crippen molar-refractivity contribution < 1.29 is 29.0 Å². The van der Waals surface area contributed by atoms with Gasteiger partial charge in [0.05, 0.1) is 14.2 Å². The van der Waals surface area contributed by atoms with Crippen LogP contribution >= 0.6 is 0 Å². The van der Waals surface area contributed by atoms with Crippen LogP contribution in [0.5, 0.6) is 0 Å². The summed E-state index contributed by atoms with van der Waals surface area (Å²) in [7, 11) is 2.59. The molecule has 0 aliphatic carbocycles. The number of esters is 2. The number of ether oxygens (including phenoxy) is 2. The number of hydrogen-bond acceptors (Lipinski definition) is 6. The molecule has 0 aromatic heterocycles. The summed E-state index contributed by atoms with van der Waals surface area (Å²) in [5.41, 5.74) is 0.128. The van der Waals surface area contributed by atoms with Gasteiger partial charge in [0.1, 0.15) is 0 Å². The van der Waals surface area contributed by atoms with Crippen LogP contribution in [0.15, 0.2) is 11.6 Å². The van der Waals surface area contributed by atoms with E-state index in [2.05, 4.69) is 9.47 Å². The van der Waals surface area contributed by atoms with Gasteiger partial charge in [0.2, 0.25) is 0 Å². The predicted octanol–water partition coefficient (Wildman–Crippen LogP) is 1.13. The molecular formula is C15H23O6-. The first-order valence-corrected chi connectivity index (χ1v) is 7.05. The summed E-state index contributed by atoms with van der Waals surface area (Å²) in [6, 6.07) is 0. The van der Waals surface area contributed by atoms with Crippen molar-refractivity contribution in [2.24, 2.45) is 0 Å². The minimum absolute atomic E-state index is 0.128. The SMILES string of the molecule is COC(=O)CCCCCCCC=C(CC(=O)[O-])C(=O)OC. The van der Waals surface area contributed by atoms with Crippen LogP contribution in [0.2, 0.25) is 0 Å². The summed E-state index contributed by atoms with van der Waals surface area (Å²) in [6.07, 6.45) is 6.77. The Morgan fingerprint density at radius 3 is 2.14 bits per heavy atom. The fraction of sp³-hybridized carbons (Fsp3) is 0.667. The third kappa shape index (κ3) is 10.6. The lowest BCUT2D eigenvalue weighted by molar-refractivity contribution is -0.304. The molecule has 0 saturated carbocycles. The second-order valence-electron chi connectivity index (χ2n) is 4.65. The highest BCUT2D eigenvalue weighted by molar-refractivity contribution is 5.92. The molecule has 0 radical (unpaired) electrons. The number of aliphatic carboxylic acids is 1. The Kier molecular flexibility index (Phi) is 10.9. The van der Waals surface area contributed by atoms with Crippen molar-refractivity contribution in [3.8, 4) is 0 Å². The Hall–Kier alpha value is -1.85. The summed E-state index contributed by atoms with van der Waals surface area (Å²) in [5, 5.41) is 10.5. The van der Waals surface area contributed by atoms with Crippen LogP contribution < -0.4 is 5.11 Å². The summed E-state index contributed by atoms with van der Waals surface area (Å²) in [5.74, 6) is -2.12. The normalized spacial score (nSPS) is 11.0. The quantitative estimate of drug-likeness (QED) is 0.322. The molecule has 0 rings (SSSR count). The number of carbonyl (C=O) groups is 3. The molecule has 0 atom stereocenters. The molecule has 0 saturated heterocycles. The van der Waals surface area contributed by atoms with E-state index in [0.29, 0.717) is 12.8 Å². The maximum atomic E-state index is 11.3. The molecule has 0 aliphatic rings. The van der Waals surface area contributed by atoms with E-state index in [1.807, 2.05) is 0 Å². The van der Waals surface area contributed by atoms with E-state index < -0.39 is 18.4 Å². The Morgan fingerprint density at radius 1 is 0.952 bits per heavy atom. The number of carboxylic acid groups (broad SMARTS) is 1. The number of rotatable bonds is 11. The summed E-state index contributed by atoms with van der Waals surface area (Å²) in [6.45, 7) is 0. The average Bonchev–Trinajstić information content (AvgIpc) is 2.46. The van der Waals surface area contributed by atoms with Crippen molar-refractivity contribution in [1.82, 2.24) is 0 Å². The van der Waals surface area contributed by atoms with Crippen LogP contribution in [-0.2, 0) is 23.9 Å². The number of methoxy groups -OCH3 is 2. The maximum absolute atomic E-state index is 11.3. The summed E-state index contributed by atoms with van der Waals surface area (Å²) < 4.78 is 9.06. The molecule has 0 aromatic rings. The van der Waals surface area contributed by atoms with Crippen LogP contribution in [0.4, 0.5) is 0 Å². The van der Waals surface area contributed by atoms with Gasteiger partial charge in [-0.2, -0.15) is 0 Å². The smallest absolute Gasteiger partial charge is 0.333 e. The lowest BCUT2D eigenvalue weighted by atomic mass is 10.1. The second kappa shape index (κ2) is 11.9. The highest BCUT2D eigenvalue weighted by Crippen LogP contribution is 2.11. The molecule has 0 aliphatic heterocycles. The van der Waals surface area contributed by atoms with Crippen LogP contribution in [0.25, 0.3) is 0 Å². The van der Waals surface area contributed by atoms with Gasteiger partial charge in [0, 0.05) is 24.4 Å². The number of hydrogen-bond donors (Lipinski definition) is 0. The monoisotopic (exact) mass is 299 g/mol. The van der Waals surface area contributed by atoms with Gasteiger partial charge in [-0.1, -0.05) is 25.3 Å². The van der Waals surface area contributed by atoms with E-state index in [-0.39, 0.29) is 11.5 Å². The molecule has 0 unspecified atom stereocenters. The van der Waals surface area contributed by atoms with Crippen molar-refractivity contribution in [1.29, 1.82) is 0 Å². The van der Waals surface area contributed by atoms with Crippen molar-refractivity contribution in [2.45, 2.75) is 51.4 Å². The fourth-order valence-electron chi connectivity index (χ4n) is 1.84. The van der Waals surface area contributed by atoms with Crippen molar-refractivity contribution >= 4 is 17.9 Å². The first kappa shape index (κ1) is 19.1. The molecule has 0 spiro atoms. The lowest BCUT2D eigenvalue weighted by Crippen LogP contribution is -2.24. The van der Waals surface area contributed by atoms with Crippen LogP contribution in [0.1, 0.15) is 51.4 Å². The molecular weight excluding hydrogens is 276 g/mol. The van der Waals surface area contributed by atoms with Gasteiger partial charge >= 0.3 is 11.9 Å². The summed E-state index contributed by atoms with van der Waals surface area (Å²) in [4.78, 5) is 32.7. The molecule has 0 bridgehead atoms. The van der Waals surface area contributed by atoms with Gasteiger partial charge in [-0.15, -0.1) is 0 Å². The molecule has 6 nitrogen and oxygen atoms in total. The molecule has 0 aromatic carbocycles. The zero-order valence-electron chi connectivity index (χ0n) is 12.7. The second-order valence-corrected chi connectivity index (χ2v) is 4.65. The van der Waals surface area contributed by atoms with Gasteiger partial charge < -0.3 is 19.4 Å². The average molecular weight is 299 g/mol. The Bertz CT molecular complexity index is 372. The number of allylic oxidation sites excluding steroid dienone is 1. The van der Waals surface area contributed by atoms with Crippen molar-refractivity contribution in [3.05, 3.63) is 11.6 Å². The largest absolute Gasteiger partial charge is 0.550 e. The van der Waals surface area contributed by atoms with E-state index in [1.165, 1.54) is 14.2 Å². The van der Waals surface area contributed by atoms with E-state index in [4.69, 9.17) is 0 Å². The van der Waals surface area contributed by atoms with E-state index >= 15 is 0 Å². The first-order valence-electron chi connectivity index (χ1n) is 7.05. The molecule has 0 heterocycles. The molecule has 6 heteroatoms. The van der Waals surface area contributed by atoms with E-state index in [1.54, 1.807) is 6.08 Å². The molecule has 0 N–H and O–H groups in total. The first-order chi connectivity index (χ1) is 10.0. The number of carbonyl (C=O) groups excluding carboxylic acids is 3. The fourth-order valence-corrected chi connectivity index (χ4v) is 1.84. The lowest BCUT2D eigenvalue weighted by Gasteiger charge is -2.06. The summed E-state index contributed by atoms with van der Waals surface area (Å²) >= 11 is 0. The topological polar surface area (TPSA) is 92.7 Å². The van der Waals surface area contributed by atoms with Gasteiger partial charge in [-0.05, 0) is 19.3 Å². The standard InChI is InChI=1S/C15H24O6/c1-20-14(18)10-8-6-4-3-5-7-9-12(11-13(16)17)15(19)21-2/h9H,3-8,10-11H2,1-2H3,(H,16,17)/p-1. The zero-order chi connectivity index (χ0) is 16.1. The van der Waals surface area contributed by atoms with E-state index in [9.17, 15) is 19.5 Å². The van der Waals surface area contributed by atoms with Crippen molar-refractivity contribution in [3.63, 3.8) is 0 Å². The Labute approximate surface area is 125 Å². The van der Waals surface area contributed by atoms with Crippen molar-refractivity contribution in [2.75, 3.05) is 14.2 Å². The van der Waals surface area contributed by atoms with Gasteiger partial charge in [-0.3, -0.25) is 4.79 Å². The number of carboxylic acids is 1. The molecule has 120 valence electrons. The van der Waals surface area contributed by atoms with E-state index in [0.717, 1.165) is 32.1 Å². The van der Waals surface area contributed by atoms with Crippen LogP contribution in [-0.4, -0.2) is 32.1 Å². The van der Waals surface area contributed by atoms with Crippen LogP contribution in [0, 0.1) is 0 Å². The van der Waals surface area contributed by atoms with Gasteiger partial charge in [0.25, 0.3) is 0 Å². The molecule has 0 amide bonds. The third-order valence-corrected chi connectivity index (χ3v) is 2.99. The highest BCUT2D eigenvalue weighted by atomic mass is 16.5. The zero-order valence-corrected chi connectivity index (χ0v) is 12.7. The number of unbranched alkanes of at least 4 members (excludes halogenated alkanes) is 5. The van der Waals surface area contributed by atoms with Gasteiger partial charge in [0.15, 0.2) is 0 Å². The predicted molar refractivity (Wildman–Crippen MR) is 74.1 cm³/mol. The minimum Gasteiger partial charge on any atom is -0.550 e. The Balaban J connectivity index is 3.83. The Morgan fingerprint density at radius 2 is 1.57 bits per heavy atom. The molecule has 0 fully saturated rings. The minimum atomic E-state index is -1.30. The third-order valence-electron chi connectivity index (χ3n) is 2.99. The molecule has 21 heavy (non-hydrogen) atoms.